The first kappa shape index (κ1) is 9.93. The second-order valence-electron chi connectivity index (χ2n) is 2.98. The fourth-order valence-electron chi connectivity index (χ4n) is 1.33. The maximum atomic E-state index is 10.5. The summed E-state index contributed by atoms with van der Waals surface area (Å²) in [5.74, 6) is 1.25. The highest BCUT2D eigenvalue weighted by atomic mass is 32.2. The Morgan fingerprint density at radius 2 is 1.79 bits per heavy atom. The van der Waals surface area contributed by atoms with Gasteiger partial charge in [0.2, 0.25) is 0 Å². The van der Waals surface area contributed by atoms with E-state index in [0.29, 0.717) is 4.58 Å². The highest BCUT2D eigenvalue weighted by Gasteiger charge is 2.17. The number of carboxylic acids is 1. The average molecular weight is 225 g/mol. The summed E-state index contributed by atoms with van der Waals surface area (Å²) in [6.07, 6.45) is 0. The summed E-state index contributed by atoms with van der Waals surface area (Å²) in [6, 6.07) is 6.98. The van der Waals surface area contributed by atoms with Crippen LogP contribution in [0.15, 0.2) is 24.3 Å². The molecule has 0 N–H and O–H groups in total. The molecule has 1 heterocycles. The van der Waals surface area contributed by atoms with Crippen LogP contribution in [0.5, 0.6) is 0 Å². The van der Waals surface area contributed by atoms with Gasteiger partial charge in [0, 0.05) is 11.5 Å². The summed E-state index contributed by atoms with van der Waals surface area (Å²) in [4.78, 5) is 10.5. The van der Waals surface area contributed by atoms with E-state index in [4.69, 9.17) is 0 Å². The maximum Gasteiger partial charge on any atom is 0.0751 e. The van der Waals surface area contributed by atoms with Crippen molar-refractivity contribution in [2.24, 2.45) is 0 Å². The summed E-state index contributed by atoms with van der Waals surface area (Å²) in [5.41, 5.74) is 1.45. The molecule has 0 amide bonds. The summed E-state index contributed by atoms with van der Waals surface area (Å²) in [6.45, 7) is 0. The molecule has 0 aliphatic carbocycles. The van der Waals surface area contributed by atoms with Crippen LogP contribution in [0.4, 0.5) is 0 Å². The van der Waals surface area contributed by atoms with Crippen LogP contribution in [0, 0.1) is 0 Å². The lowest BCUT2D eigenvalue weighted by Gasteiger charge is -2.09. The van der Waals surface area contributed by atoms with Crippen LogP contribution < -0.4 is 5.11 Å². The Labute approximate surface area is 91.1 Å². The van der Waals surface area contributed by atoms with Gasteiger partial charge in [-0.25, -0.2) is 0 Å². The van der Waals surface area contributed by atoms with E-state index < -0.39 is 5.97 Å². The molecule has 0 spiro atoms. The van der Waals surface area contributed by atoms with E-state index in [1.807, 2.05) is 35.7 Å². The number of hydrogen-bond acceptors (Lipinski definition) is 4. The summed E-state index contributed by atoms with van der Waals surface area (Å²) in [5, 5.41) is 10.5. The second kappa shape index (κ2) is 4.28. The van der Waals surface area contributed by atoms with Crippen LogP contribution in [0.3, 0.4) is 0 Å². The zero-order chi connectivity index (χ0) is 9.97. The van der Waals surface area contributed by atoms with Crippen LogP contribution in [0.25, 0.3) is 0 Å². The lowest BCUT2D eigenvalue weighted by atomic mass is 10.1. The number of thioether (sulfide) groups is 2. The van der Waals surface area contributed by atoms with Crippen molar-refractivity contribution in [1.82, 2.24) is 0 Å². The van der Waals surface area contributed by atoms with Gasteiger partial charge < -0.3 is 9.90 Å². The van der Waals surface area contributed by atoms with Gasteiger partial charge in [-0.2, -0.15) is 0 Å². The predicted octanol–water partition coefficient (Wildman–Crippen LogP) is 1.53. The molecular formula is C10H9O2S2-. The third-order valence-electron chi connectivity index (χ3n) is 2.04. The van der Waals surface area contributed by atoms with Crippen molar-refractivity contribution in [2.75, 3.05) is 11.5 Å². The highest BCUT2D eigenvalue weighted by Crippen LogP contribution is 2.45. The molecule has 0 atom stereocenters. The van der Waals surface area contributed by atoms with Crippen molar-refractivity contribution in [3.8, 4) is 0 Å². The Morgan fingerprint density at radius 3 is 2.29 bits per heavy atom. The highest BCUT2D eigenvalue weighted by molar-refractivity contribution is 8.19. The van der Waals surface area contributed by atoms with Crippen LogP contribution in [0.2, 0.25) is 0 Å². The topological polar surface area (TPSA) is 40.1 Å². The zero-order valence-corrected chi connectivity index (χ0v) is 9.07. The van der Waals surface area contributed by atoms with Gasteiger partial charge in [-0.1, -0.05) is 24.3 Å². The van der Waals surface area contributed by atoms with E-state index in [2.05, 4.69) is 0 Å². The number of aromatic carboxylic acids is 1. The van der Waals surface area contributed by atoms with Gasteiger partial charge in [-0.05, 0) is 11.1 Å². The molecule has 1 fully saturated rings. The molecule has 14 heavy (non-hydrogen) atoms. The number of rotatable bonds is 2. The fourth-order valence-corrected chi connectivity index (χ4v) is 4.19. The van der Waals surface area contributed by atoms with Gasteiger partial charge in [-0.3, -0.25) is 0 Å². The number of hydrogen-bond donors (Lipinski definition) is 0. The minimum Gasteiger partial charge on any atom is -0.545 e. The molecule has 1 aromatic carbocycles. The Kier molecular flexibility index (Phi) is 3.03. The molecule has 1 aliphatic heterocycles. The van der Waals surface area contributed by atoms with Gasteiger partial charge in [0.05, 0.1) is 10.6 Å². The molecular weight excluding hydrogens is 216 g/mol. The lowest BCUT2D eigenvalue weighted by Crippen LogP contribution is -2.21. The molecule has 0 bridgehead atoms. The minimum absolute atomic E-state index is 0.252. The molecule has 2 nitrogen and oxygen atoms in total. The number of carbonyl (C=O) groups is 1. The van der Waals surface area contributed by atoms with Gasteiger partial charge >= 0.3 is 0 Å². The number of carbonyl (C=O) groups excluding carboxylic acids is 1. The molecule has 0 radical (unpaired) electrons. The van der Waals surface area contributed by atoms with E-state index in [0.717, 1.165) is 0 Å². The Balaban J connectivity index is 2.16. The molecule has 1 saturated heterocycles. The van der Waals surface area contributed by atoms with Crippen molar-refractivity contribution in [3.63, 3.8) is 0 Å². The molecule has 0 saturated carbocycles. The quantitative estimate of drug-likeness (QED) is 0.765. The molecule has 1 aromatic rings. The Bertz CT molecular complexity index is 328. The lowest BCUT2D eigenvalue weighted by molar-refractivity contribution is -0.255. The van der Waals surface area contributed by atoms with Crippen molar-refractivity contribution in [2.45, 2.75) is 4.58 Å². The molecule has 0 unspecified atom stereocenters. The van der Waals surface area contributed by atoms with E-state index in [9.17, 15) is 9.90 Å². The van der Waals surface area contributed by atoms with Crippen LogP contribution in [-0.4, -0.2) is 17.5 Å². The first-order chi connectivity index (χ1) is 6.77. The second-order valence-corrected chi connectivity index (χ2v) is 5.71. The van der Waals surface area contributed by atoms with Gasteiger partial charge in [-0.15, -0.1) is 23.5 Å². The van der Waals surface area contributed by atoms with E-state index in [-0.39, 0.29) is 5.56 Å². The van der Waals surface area contributed by atoms with Crippen molar-refractivity contribution in [1.29, 1.82) is 0 Å². The van der Waals surface area contributed by atoms with Crippen molar-refractivity contribution < 1.29 is 9.90 Å². The minimum atomic E-state index is -1.11. The average Bonchev–Trinajstić information content (AvgIpc) is 2.71. The molecule has 0 aromatic heterocycles. The fraction of sp³-hybridized carbons (Fsp3) is 0.300. The van der Waals surface area contributed by atoms with Crippen LogP contribution >= 0.6 is 23.5 Å². The third-order valence-corrected chi connectivity index (χ3v) is 5.14. The van der Waals surface area contributed by atoms with Crippen LogP contribution in [-0.2, 0) is 0 Å². The summed E-state index contributed by atoms with van der Waals surface area (Å²) >= 11 is 3.82. The number of benzene rings is 1. The largest absolute Gasteiger partial charge is 0.545 e. The van der Waals surface area contributed by atoms with E-state index in [1.54, 1.807) is 12.1 Å². The molecule has 4 heteroatoms. The predicted molar refractivity (Wildman–Crippen MR) is 58.4 cm³/mol. The van der Waals surface area contributed by atoms with Crippen LogP contribution in [0.1, 0.15) is 20.5 Å². The molecule has 1 aliphatic rings. The Morgan fingerprint density at radius 1 is 1.21 bits per heavy atom. The van der Waals surface area contributed by atoms with Gasteiger partial charge in [0.15, 0.2) is 0 Å². The standard InChI is InChI=1S/C10H10O2S2/c11-9(12)7-1-3-8(4-2-7)10-13-5-6-14-10/h1-4,10H,5-6H2,(H,11,12)/p-1. The summed E-state index contributed by atoms with van der Waals surface area (Å²) in [7, 11) is 0. The zero-order valence-electron chi connectivity index (χ0n) is 7.43. The van der Waals surface area contributed by atoms with Gasteiger partial charge in [0.1, 0.15) is 0 Å². The van der Waals surface area contributed by atoms with E-state index >= 15 is 0 Å². The van der Waals surface area contributed by atoms with Crippen molar-refractivity contribution in [3.05, 3.63) is 35.4 Å². The summed E-state index contributed by atoms with van der Waals surface area (Å²) < 4.78 is 0.478. The van der Waals surface area contributed by atoms with Gasteiger partial charge in [0.25, 0.3) is 0 Å². The first-order valence-corrected chi connectivity index (χ1v) is 6.41. The SMILES string of the molecule is O=C([O-])c1ccc(C2SCCS2)cc1. The molecule has 74 valence electrons. The smallest absolute Gasteiger partial charge is 0.0751 e. The monoisotopic (exact) mass is 225 g/mol. The van der Waals surface area contributed by atoms with Crippen molar-refractivity contribution >= 4 is 29.5 Å². The third kappa shape index (κ3) is 2.07. The number of carboxylic acid groups (broad SMARTS) is 1. The van der Waals surface area contributed by atoms with E-state index in [1.165, 1.54) is 17.1 Å². The maximum absolute atomic E-state index is 10.5. The Hall–Kier alpha value is -0.610. The normalized spacial score (nSPS) is 17.1. The molecule has 2 rings (SSSR count). The first-order valence-electron chi connectivity index (χ1n) is 4.32.